The Balaban J connectivity index is 2.01. The molecule has 5 nitrogen and oxygen atoms in total. The van der Waals surface area contributed by atoms with Crippen molar-refractivity contribution in [2.75, 3.05) is 38.1 Å². The van der Waals surface area contributed by atoms with Gasteiger partial charge in [-0.25, -0.2) is 0 Å². The molecule has 1 aromatic heterocycles. The summed E-state index contributed by atoms with van der Waals surface area (Å²) in [6, 6.07) is 7.94. The van der Waals surface area contributed by atoms with Crippen molar-refractivity contribution in [3.8, 4) is 6.07 Å². The second-order valence-electron chi connectivity index (χ2n) is 4.68. The number of nitriles is 1. The minimum absolute atomic E-state index is 0.653. The van der Waals surface area contributed by atoms with Crippen LogP contribution in [0.15, 0.2) is 18.2 Å². The molecule has 1 saturated heterocycles. The van der Waals surface area contributed by atoms with E-state index in [4.69, 9.17) is 5.26 Å². The predicted molar refractivity (Wildman–Crippen MR) is 70.5 cm³/mol. The molecule has 0 saturated carbocycles. The average molecular weight is 241 g/mol. The van der Waals surface area contributed by atoms with Gasteiger partial charge in [0, 0.05) is 31.6 Å². The molecule has 0 amide bonds. The minimum atomic E-state index is 0.653. The van der Waals surface area contributed by atoms with E-state index in [0.717, 1.165) is 42.9 Å². The van der Waals surface area contributed by atoms with Crippen molar-refractivity contribution in [3.63, 3.8) is 0 Å². The Hall–Kier alpha value is -2.06. The summed E-state index contributed by atoms with van der Waals surface area (Å²) < 4.78 is 0. The molecule has 1 N–H and O–H groups in total. The summed E-state index contributed by atoms with van der Waals surface area (Å²) in [4.78, 5) is 4.59. The van der Waals surface area contributed by atoms with Crippen LogP contribution in [0.4, 0.5) is 5.82 Å². The van der Waals surface area contributed by atoms with Gasteiger partial charge < -0.3 is 9.80 Å². The quantitative estimate of drug-likeness (QED) is 0.814. The van der Waals surface area contributed by atoms with Crippen molar-refractivity contribution in [3.05, 3.63) is 23.8 Å². The number of aromatic amines is 1. The fourth-order valence-corrected chi connectivity index (χ4v) is 2.38. The number of para-hydroxylation sites is 1. The third-order valence-corrected chi connectivity index (χ3v) is 3.50. The van der Waals surface area contributed by atoms with Gasteiger partial charge in [-0.15, -0.1) is 0 Å². The fraction of sp³-hybridized carbons (Fsp3) is 0.385. The number of H-pyrrole nitrogens is 1. The number of rotatable bonds is 1. The first-order valence-electron chi connectivity index (χ1n) is 6.10. The lowest BCUT2D eigenvalue weighted by Crippen LogP contribution is -2.44. The normalized spacial score (nSPS) is 17.0. The van der Waals surface area contributed by atoms with E-state index in [9.17, 15) is 0 Å². The van der Waals surface area contributed by atoms with Gasteiger partial charge in [0.15, 0.2) is 5.82 Å². The zero-order valence-corrected chi connectivity index (χ0v) is 10.3. The third kappa shape index (κ3) is 1.71. The highest BCUT2D eigenvalue weighted by atomic mass is 15.3. The highest BCUT2D eigenvalue weighted by Gasteiger charge is 2.19. The first-order valence-corrected chi connectivity index (χ1v) is 6.10. The molecule has 1 fully saturated rings. The Morgan fingerprint density at radius 1 is 1.28 bits per heavy atom. The summed E-state index contributed by atoms with van der Waals surface area (Å²) >= 11 is 0. The highest BCUT2D eigenvalue weighted by Crippen LogP contribution is 2.26. The molecule has 0 atom stereocenters. The van der Waals surface area contributed by atoms with Gasteiger partial charge in [-0.1, -0.05) is 6.07 Å². The predicted octanol–water partition coefficient (Wildman–Crippen LogP) is 1.19. The first kappa shape index (κ1) is 11.1. The Bertz CT molecular complexity index is 601. The summed E-state index contributed by atoms with van der Waals surface area (Å²) in [5.74, 6) is 0.968. The Morgan fingerprint density at radius 2 is 2.06 bits per heavy atom. The average Bonchev–Trinajstić information content (AvgIpc) is 2.83. The second kappa shape index (κ2) is 4.31. The summed E-state index contributed by atoms with van der Waals surface area (Å²) in [6.07, 6.45) is 0. The van der Waals surface area contributed by atoms with E-state index >= 15 is 0 Å². The van der Waals surface area contributed by atoms with Gasteiger partial charge >= 0.3 is 0 Å². The second-order valence-corrected chi connectivity index (χ2v) is 4.68. The lowest BCUT2D eigenvalue weighted by molar-refractivity contribution is 0.312. The number of nitrogens with one attached hydrogen (secondary N) is 1. The van der Waals surface area contributed by atoms with Crippen molar-refractivity contribution in [1.82, 2.24) is 15.1 Å². The first-order chi connectivity index (χ1) is 8.79. The summed E-state index contributed by atoms with van der Waals surface area (Å²) in [5.41, 5.74) is 1.49. The molecule has 2 aromatic rings. The number of nitrogens with zero attached hydrogens (tertiary/aromatic N) is 4. The third-order valence-electron chi connectivity index (χ3n) is 3.50. The van der Waals surface area contributed by atoms with Crippen LogP contribution in [0.1, 0.15) is 5.56 Å². The molecule has 0 radical (unpaired) electrons. The van der Waals surface area contributed by atoms with E-state index in [-0.39, 0.29) is 0 Å². The van der Waals surface area contributed by atoms with E-state index in [2.05, 4.69) is 33.1 Å². The molecule has 0 aliphatic carbocycles. The molecular weight excluding hydrogens is 226 g/mol. The van der Waals surface area contributed by atoms with E-state index in [0.29, 0.717) is 5.56 Å². The number of piperazine rings is 1. The molecule has 0 bridgehead atoms. The fourth-order valence-electron chi connectivity index (χ4n) is 2.38. The molecule has 2 heterocycles. The molecule has 0 unspecified atom stereocenters. The lowest BCUT2D eigenvalue weighted by Gasteiger charge is -2.32. The largest absolute Gasteiger partial charge is 0.352 e. The Morgan fingerprint density at radius 3 is 2.78 bits per heavy atom. The Kier molecular flexibility index (Phi) is 2.65. The summed E-state index contributed by atoms with van der Waals surface area (Å²) in [6.45, 7) is 4.05. The van der Waals surface area contributed by atoms with E-state index in [1.165, 1.54) is 0 Å². The van der Waals surface area contributed by atoms with Gasteiger partial charge in [0.2, 0.25) is 0 Å². The smallest absolute Gasteiger partial charge is 0.158 e. The van der Waals surface area contributed by atoms with Gasteiger partial charge in [-0.3, -0.25) is 5.10 Å². The van der Waals surface area contributed by atoms with Crippen molar-refractivity contribution >= 4 is 16.7 Å². The van der Waals surface area contributed by atoms with Gasteiger partial charge in [-0.2, -0.15) is 10.4 Å². The van der Waals surface area contributed by atoms with Crippen LogP contribution in [-0.2, 0) is 0 Å². The molecule has 3 rings (SSSR count). The molecule has 1 aliphatic rings. The highest BCUT2D eigenvalue weighted by molar-refractivity contribution is 5.93. The number of hydrogen-bond acceptors (Lipinski definition) is 4. The van der Waals surface area contributed by atoms with Gasteiger partial charge in [0.1, 0.15) is 6.07 Å². The van der Waals surface area contributed by atoms with Crippen molar-refractivity contribution in [2.24, 2.45) is 0 Å². The maximum atomic E-state index is 9.07. The SMILES string of the molecule is CN1CCN(c2n[nH]c3c(C#N)cccc23)CC1. The lowest BCUT2D eigenvalue weighted by atomic mass is 10.1. The molecular formula is C13H15N5. The molecule has 18 heavy (non-hydrogen) atoms. The van der Waals surface area contributed by atoms with Gasteiger partial charge in [0.25, 0.3) is 0 Å². The molecule has 5 heteroatoms. The van der Waals surface area contributed by atoms with Crippen LogP contribution in [-0.4, -0.2) is 48.3 Å². The summed E-state index contributed by atoms with van der Waals surface area (Å²) in [7, 11) is 2.13. The van der Waals surface area contributed by atoms with Gasteiger partial charge in [-0.05, 0) is 19.2 Å². The molecule has 92 valence electrons. The van der Waals surface area contributed by atoms with E-state index < -0.39 is 0 Å². The van der Waals surface area contributed by atoms with Crippen molar-refractivity contribution in [1.29, 1.82) is 5.26 Å². The molecule has 0 spiro atoms. The topological polar surface area (TPSA) is 58.9 Å². The standard InChI is InChI=1S/C13H15N5/c1-17-5-7-18(8-6-17)13-11-4-2-3-10(9-14)12(11)15-16-13/h2-4H,5-8H2,1H3,(H,15,16). The minimum Gasteiger partial charge on any atom is -0.352 e. The zero-order valence-electron chi connectivity index (χ0n) is 10.3. The van der Waals surface area contributed by atoms with E-state index in [1.807, 2.05) is 18.2 Å². The van der Waals surface area contributed by atoms with Crippen LogP contribution in [0.2, 0.25) is 0 Å². The van der Waals surface area contributed by atoms with Crippen LogP contribution in [0, 0.1) is 11.3 Å². The zero-order chi connectivity index (χ0) is 12.5. The number of aromatic nitrogens is 2. The Labute approximate surface area is 106 Å². The van der Waals surface area contributed by atoms with Crippen LogP contribution < -0.4 is 4.90 Å². The molecule has 1 aromatic carbocycles. The summed E-state index contributed by atoms with van der Waals surface area (Å²) in [5, 5.41) is 17.5. The maximum Gasteiger partial charge on any atom is 0.158 e. The number of likely N-dealkylation sites (N-methyl/N-ethyl adjacent to an activating group) is 1. The van der Waals surface area contributed by atoms with Crippen LogP contribution in [0.3, 0.4) is 0 Å². The number of anilines is 1. The number of benzene rings is 1. The van der Waals surface area contributed by atoms with Crippen molar-refractivity contribution < 1.29 is 0 Å². The molecule has 1 aliphatic heterocycles. The van der Waals surface area contributed by atoms with Gasteiger partial charge in [0.05, 0.1) is 11.1 Å². The van der Waals surface area contributed by atoms with Crippen LogP contribution in [0.25, 0.3) is 10.9 Å². The van der Waals surface area contributed by atoms with Crippen molar-refractivity contribution in [2.45, 2.75) is 0 Å². The number of fused-ring (bicyclic) bond motifs is 1. The van der Waals surface area contributed by atoms with Crippen LogP contribution >= 0.6 is 0 Å². The van der Waals surface area contributed by atoms with E-state index in [1.54, 1.807) is 0 Å². The number of hydrogen-bond donors (Lipinski definition) is 1. The monoisotopic (exact) mass is 241 g/mol. The van der Waals surface area contributed by atoms with Crippen LogP contribution in [0.5, 0.6) is 0 Å². The maximum absolute atomic E-state index is 9.07.